The van der Waals surface area contributed by atoms with Crippen molar-refractivity contribution in [1.29, 1.82) is 0 Å². The summed E-state index contributed by atoms with van der Waals surface area (Å²) in [5.41, 5.74) is 3.91. The highest BCUT2D eigenvalue weighted by molar-refractivity contribution is 5.91. The number of halogens is 1. The standard InChI is InChI=1S/C23H25FN2O2/c24-17-10-8-15(9-11-17)23-19(18-5-1-2-6-20(18)26-23)12-13-22(28)25-14-16-4-3-7-21(16)27/h1-2,5-6,8-11,16,21,26-27H,3-4,7,12-14H2,(H,25,28)/t16-,21+/m1/s1. The molecule has 5 heteroatoms. The van der Waals surface area contributed by atoms with Crippen LogP contribution >= 0.6 is 0 Å². The van der Waals surface area contributed by atoms with E-state index in [9.17, 15) is 14.3 Å². The van der Waals surface area contributed by atoms with E-state index in [1.54, 1.807) is 12.1 Å². The number of hydrogen-bond acceptors (Lipinski definition) is 2. The third kappa shape index (κ3) is 3.94. The van der Waals surface area contributed by atoms with Crippen LogP contribution in [0.2, 0.25) is 0 Å². The van der Waals surface area contributed by atoms with Crippen molar-refractivity contribution < 1.29 is 14.3 Å². The van der Waals surface area contributed by atoms with Crippen molar-refractivity contribution in [3.8, 4) is 11.3 Å². The lowest BCUT2D eigenvalue weighted by Crippen LogP contribution is -2.32. The van der Waals surface area contributed by atoms with Crippen LogP contribution in [0.3, 0.4) is 0 Å². The summed E-state index contributed by atoms with van der Waals surface area (Å²) in [7, 11) is 0. The third-order valence-corrected chi connectivity index (χ3v) is 5.73. The van der Waals surface area contributed by atoms with Crippen molar-refractivity contribution in [1.82, 2.24) is 10.3 Å². The van der Waals surface area contributed by atoms with Crippen LogP contribution in [-0.4, -0.2) is 28.6 Å². The van der Waals surface area contributed by atoms with E-state index in [1.165, 1.54) is 12.1 Å². The maximum Gasteiger partial charge on any atom is 0.220 e. The second-order valence-electron chi connectivity index (χ2n) is 7.59. The lowest BCUT2D eigenvalue weighted by molar-refractivity contribution is -0.121. The van der Waals surface area contributed by atoms with E-state index in [4.69, 9.17) is 0 Å². The Hall–Kier alpha value is -2.66. The maximum absolute atomic E-state index is 13.3. The van der Waals surface area contributed by atoms with E-state index in [0.717, 1.165) is 47.0 Å². The Morgan fingerprint density at radius 1 is 1.14 bits per heavy atom. The first-order chi connectivity index (χ1) is 13.6. The largest absolute Gasteiger partial charge is 0.393 e. The minimum atomic E-state index is -0.293. The zero-order chi connectivity index (χ0) is 19.5. The predicted octanol–water partition coefficient (Wildman–Crippen LogP) is 4.18. The summed E-state index contributed by atoms with van der Waals surface area (Å²) in [6.45, 7) is 0.540. The minimum absolute atomic E-state index is 0.00515. The number of amides is 1. The van der Waals surface area contributed by atoms with Crippen LogP contribution in [0, 0.1) is 11.7 Å². The lowest BCUT2D eigenvalue weighted by Gasteiger charge is -2.15. The lowest BCUT2D eigenvalue weighted by atomic mass is 10.0. The molecule has 0 unspecified atom stereocenters. The second-order valence-corrected chi connectivity index (χ2v) is 7.59. The van der Waals surface area contributed by atoms with Gasteiger partial charge in [-0.25, -0.2) is 4.39 Å². The molecule has 28 heavy (non-hydrogen) atoms. The normalized spacial score (nSPS) is 19.2. The molecule has 146 valence electrons. The number of hydrogen-bond donors (Lipinski definition) is 3. The highest BCUT2D eigenvalue weighted by Crippen LogP contribution is 2.31. The van der Waals surface area contributed by atoms with Gasteiger partial charge in [-0.3, -0.25) is 4.79 Å². The summed E-state index contributed by atoms with van der Waals surface area (Å²) in [6.07, 6.45) is 3.50. The molecule has 0 radical (unpaired) electrons. The molecule has 0 aliphatic heterocycles. The van der Waals surface area contributed by atoms with Gasteiger partial charge in [0, 0.05) is 35.5 Å². The molecule has 1 amide bonds. The molecular formula is C23H25FN2O2. The number of carbonyl (C=O) groups excluding carboxylic acids is 1. The van der Waals surface area contributed by atoms with Crippen molar-refractivity contribution in [2.24, 2.45) is 5.92 Å². The summed E-state index contributed by atoms with van der Waals surface area (Å²) >= 11 is 0. The molecule has 0 spiro atoms. The van der Waals surface area contributed by atoms with E-state index in [0.29, 0.717) is 19.4 Å². The molecule has 4 nitrogen and oxygen atoms in total. The molecule has 1 aromatic heterocycles. The first-order valence-electron chi connectivity index (χ1n) is 9.92. The first-order valence-corrected chi connectivity index (χ1v) is 9.92. The number of para-hydroxylation sites is 1. The topological polar surface area (TPSA) is 65.1 Å². The highest BCUT2D eigenvalue weighted by atomic mass is 19.1. The Bertz CT molecular complexity index is 964. The molecule has 3 N–H and O–H groups in total. The Balaban J connectivity index is 1.50. The number of aromatic amines is 1. The van der Waals surface area contributed by atoms with Crippen molar-refractivity contribution >= 4 is 16.8 Å². The van der Waals surface area contributed by atoms with Gasteiger partial charge in [-0.05, 0) is 60.7 Å². The quantitative estimate of drug-likeness (QED) is 0.601. The molecular weight excluding hydrogens is 355 g/mol. The molecule has 1 aliphatic carbocycles. The predicted molar refractivity (Wildman–Crippen MR) is 108 cm³/mol. The van der Waals surface area contributed by atoms with Gasteiger partial charge < -0.3 is 15.4 Å². The highest BCUT2D eigenvalue weighted by Gasteiger charge is 2.25. The molecule has 1 saturated carbocycles. The fraction of sp³-hybridized carbons (Fsp3) is 0.348. The van der Waals surface area contributed by atoms with Crippen LogP contribution in [0.15, 0.2) is 48.5 Å². The Morgan fingerprint density at radius 2 is 1.93 bits per heavy atom. The number of aryl methyl sites for hydroxylation is 1. The summed E-state index contributed by atoms with van der Waals surface area (Å²) in [6, 6.07) is 14.4. The van der Waals surface area contributed by atoms with Crippen LogP contribution in [0.25, 0.3) is 22.2 Å². The van der Waals surface area contributed by atoms with Gasteiger partial charge in [0.2, 0.25) is 5.91 Å². The molecule has 3 aromatic rings. The number of H-pyrrole nitrogens is 1. The SMILES string of the molecule is O=C(CCc1c(-c2ccc(F)cc2)[nH]c2ccccc12)NC[C@H]1CCC[C@@H]1O. The van der Waals surface area contributed by atoms with E-state index in [-0.39, 0.29) is 23.7 Å². The monoisotopic (exact) mass is 380 g/mol. The number of fused-ring (bicyclic) bond motifs is 1. The number of aromatic nitrogens is 1. The van der Waals surface area contributed by atoms with Crippen molar-refractivity contribution in [2.45, 2.75) is 38.2 Å². The average molecular weight is 380 g/mol. The fourth-order valence-electron chi connectivity index (χ4n) is 4.15. The van der Waals surface area contributed by atoms with E-state index < -0.39 is 0 Å². The Kier molecular flexibility index (Phi) is 5.44. The molecule has 0 bridgehead atoms. The van der Waals surface area contributed by atoms with Gasteiger partial charge in [0.05, 0.1) is 6.10 Å². The zero-order valence-corrected chi connectivity index (χ0v) is 15.7. The van der Waals surface area contributed by atoms with E-state index >= 15 is 0 Å². The van der Waals surface area contributed by atoms with Crippen LogP contribution in [0.1, 0.15) is 31.2 Å². The van der Waals surface area contributed by atoms with Gasteiger partial charge in [0.25, 0.3) is 0 Å². The van der Waals surface area contributed by atoms with Gasteiger partial charge >= 0.3 is 0 Å². The number of aliphatic hydroxyl groups is 1. The summed E-state index contributed by atoms with van der Waals surface area (Å²) in [5, 5.41) is 14.0. The van der Waals surface area contributed by atoms with Gasteiger partial charge in [-0.2, -0.15) is 0 Å². The fourth-order valence-corrected chi connectivity index (χ4v) is 4.15. The summed E-state index contributed by atoms with van der Waals surface area (Å²) in [4.78, 5) is 15.8. The third-order valence-electron chi connectivity index (χ3n) is 5.73. The van der Waals surface area contributed by atoms with Crippen LogP contribution in [0.5, 0.6) is 0 Å². The zero-order valence-electron chi connectivity index (χ0n) is 15.7. The van der Waals surface area contributed by atoms with Crippen LogP contribution in [-0.2, 0) is 11.2 Å². The smallest absolute Gasteiger partial charge is 0.220 e. The summed E-state index contributed by atoms with van der Waals surface area (Å²) in [5.74, 6) is -0.101. The minimum Gasteiger partial charge on any atom is -0.393 e. The number of rotatable bonds is 6. The van der Waals surface area contributed by atoms with Gasteiger partial charge in [-0.1, -0.05) is 24.6 Å². The van der Waals surface area contributed by atoms with Gasteiger partial charge in [-0.15, -0.1) is 0 Å². The molecule has 0 saturated heterocycles. The number of aliphatic hydroxyl groups excluding tert-OH is 1. The van der Waals surface area contributed by atoms with Crippen molar-refractivity contribution in [3.63, 3.8) is 0 Å². The molecule has 1 heterocycles. The van der Waals surface area contributed by atoms with Crippen molar-refractivity contribution in [2.75, 3.05) is 6.54 Å². The maximum atomic E-state index is 13.3. The number of benzene rings is 2. The van der Waals surface area contributed by atoms with E-state index in [2.05, 4.69) is 10.3 Å². The molecule has 1 aliphatic rings. The molecule has 4 rings (SSSR count). The molecule has 1 fully saturated rings. The number of nitrogens with one attached hydrogen (secondary N) is 2. The second kappa shape index (κ2) is 8.15. The van der Waals surface area contributed by atoms with Crippen LogP contribution < -0.4 is 5.32 Å². The Labute approximate surface area is 163 Å². The van der Waals surface area contributed by atoms with Gasteiger partial charge in [0.15, 0.2) is 0 Å². The van der Waals surface area contributed by atoms with Crippen molar-refractivity contribution in [3.05, 3.63) is 59.9 Å². The van der Waals surface area contributed by atoms with Gasteiger partial charge in [0.1, 0.15) is 5.82 Å². The van der Waals surface area contributed by atoms with E-state index in [1.807, 2.05) is 24.3 Å². The van der Waals surface area contributed by atoms with Crippen LogP contribution in [0.4, 0.5) is 4.39 Å². The molecule has 2 atom stereocenters. The Morgan fingerprint density at radius 3 is 2.68 bits per heavy atom. The first kappa shape index (κ1) is 18.7. The average Bonchev–Trinajstić information content (AvgIpc) is 3.28. The summed E-state index contributed by atoms with van der Waals surface area (Å²) < 4.78 is 13.3. The number of carbonyl (C=O) groups is 1. The molecule has 2 aromatic carbocycles.